The first-order chi connectivity index (χ1) is 12.1. The van der Waals surface area contributed by atoms with E-state index < -0.39 is 15.9 Å². The van der Waals surface area contributed by atoms with E-state index in [4.69, 9.17) is 0 Å². The van der Waals surface area contributed by atoms with Crippen LogP contribution in [-0.2, 0) is 14.8 Å². The largest absolute Gasteiger partial charge is 0.271 e. The first kappa shape index (κ1) is 20.1. The third-order valence-corrected chi connectivity index (χ3v) is 5.07. The maximum atomic E-state index is 12.2. The van der Waals surface area contributed by atoms with Crippen LogP contribution in [0.5, 0.6) is 0 Å². The summed E-state index contributed by atoms with van der Waals surface area (Å²) < 4.78 is 26.2. The first-order valence-electron chi connectivity index (χ1n) is 7.78. The molecule has 0 aliphatic rings. The van der Waals surface area contributed by atoms with Crippen LogP contribution in [-0.4, -0.2) is 33.3 Å². The predicted molar refractivity (Wildman–Crippen MR) is 108 cm³/mol. The molecule has 2 aromatic rings. The zero-order valence-electron chi connectivity index (χ0n) is 14.7. The summed E-state index contributed by atoms with van der Waals surface area (Å²) in [6.07, 6.45) is 2.56. The maximum absolute atomic E-state index is 12.2. The van der Waals surface area contributed by atoms with E-state index in [9.17, 15) is 13.2 Å². The van der Waals surface area contributed by atoms with E-state index in [1.807, 2.05) is 44.2 Å². The lowest BCUT2D eigenvalue weighted by atomic mass is 10.1. The molecule has 0 radical (unpaired) electrons. The second-order valence-electron chi connectivity index (χ2n) is 5.96. The van der Waals surface area contributed by atoms with Crippen molar-refractivity contribution in [2.45, 2.75) is 13.8 Å². The average molecular weight is 438 g/mol. The minimum absolute atomic E-state index is 0.350. The first-order valence-corrected chi connectivity index (χ1v) is 10.4. The number of hydrogen-bond acceptors (Lipinski definition) is 4. The van der Waals surface area contributed by atoms with E-state index in [0.717, 1.165) is 31.7 Å². The van der Waals surface area contributed by atoms with Gasteiger partial charge < -0.3 is 0 Å². The van der Waals surface area contributed by atoms with Crippen LogP contribution >= 0.6 is 15.9 Å². The van der Waals surface area contributed by atoms with E-state index >= 15 is 0 Å². The van der Waals surface area contributed by atoms with Crippen molar-refractivity contribution in [3.8, 4) is 0 Å². The molecule has 0 bridgehead atoms. The number of hydrazone groups is 1. The Hall–Kier alpha value is -2.19. The lowest BCUT2D eigenvalue weighted by Crippen LogP contribution is -2.39. The van der Waals surface area contributed by atoms with E-state index in [0.29, 0.717) is 5.69 Å². The fourth-order valence-corrected chi connectivity index (χ4v) is 3.68. The van der Waals surface area contributed by atoms with Gasteiger partial charge in [-0.3, -0.25) is 9.10 Å². The van der Waals surface area contributed by atoms with Crippen molar-refractivity contribution in [2.75, 3.05) is 17.1 Å². The second kappa shape index (κ2) is 8.46. The summed E-state index contributed by atoms with van der Waals surface area (Å²) in [6.45, 7) is 3.40. The van der Waals surface area contributed by atoms with Gasteiger partial charge in [-0.2, -0.15) is 5.10 Å². The molecule has 0 fully saturated rings. The summed E-state index contributed by atoms with van der Waals surface area (Å²) >= 11 is 3.35. The van der Waals surface area contributed by atoms with Crippen LogP contribution in [0.3, 0.4) is 0 Å². The number of benzene rings is 2. The van der Waals surface area contributed by atoms with Crippen molar-refractivity contribution in [1.29, 1.82) is 0 Å². The molecule has 2 rings (SSSR count). The van der Waals surface area contributed by atoms with Crippen LogP contribution in [0.25, 0.3) is 0 Å². The van der Waals surface area contributed by atoms with Crippen molar-refractivity contribution in [3.63, 3.8) is 0 Å². The Kier molecular flexibility index (Phi) is 6.55. The third-order valence-electron chi connectivity index (χ3n) is 3.43. The van der Waals surface area contributed by atoms with Crippen LogP contribution in [0, 0.1) is 13.8 Å². The van der Waals surface area contributed by atoms with Gasteiger partial charge in [0.1, 0.15) is 6.54 Å². The Bertz CT molecular complexity index is 922. The quantitative estimate of drug-likeness (QED) is 0.557. The van der Waals surface area contributed by atoms with Gasteiger partial charge in [-0.1, -0.05) is 34.1 Å². The molecule has 6 nitrogen and oxygen atoms in total. The smallest absolute Gasteiger partial charge is 0.260 e. The molecule has 2 aromatic carbocycles. The van der Waals surface area contributed by atoms with Crippen molar-refractivity contribution in [2.24, 2.45) is 5.10 Å². The molecule has 0 heterocycles. The van der Waals surface area contributed by atoms with Gasteiger partial charge in [0.25, 0.3) is 5.91 Å². The zero-order chi connectivity index (χ0) is 19.3. The van der Waals surface area contributed by atoms with E-state index in [2.05, 4.69) is 26.5 Å². The normalized spacial score (nSPS) is 11.5. The minimum atomic E-state index is -3.61. The molecule has 1 amide bonds. The van der Waals surface area contributed by atoms with Gasteiger partial charge in [-0.25, -0.2) is 13.8 Å². The van der Waals surface area contributed by atoms with Crippen LogP contribution in [0.2, 0.25) is 0 Å². The molecule has 1 N–H and O–H groups in total. The standard InChI is InChI=1S/C18H20BrN3O3S/c1-13-7-14(2)9-17(8-13)22(26(3,24)25)12-18(23)21-20-11-15-5-4-6-16(19)10-15/h4-11H,12H2,1-3H3,(H,21,23)/b20-11-. The minimum Gasteiger partial charge on any atom is -0.271 e. The molecule has 8 heteroatoms. The number of rotatable bonds is 6. The number of halogens is 1. The fraction of sp³-hybridized carbons (Fsp3) is 0.222. The summed E-state index contributed by atoms with van der Waals surface area (Å²) in [4.78, 5) is 12.2. The lowest BCUT2D eigenvalue weighted by molar-refractivity contribution is -0.119. The van der Waals surface area contributed by atoms with Crippen molar-refractivity contribution >= 4 is 43.8 Å². The van der Waals surface area contributed by atoms with Gasteiger partial charge in [0.2, 0.25) is 10.0 Å². The van der Waals surface area contributed by atoms with Gasteiger partial charge in [0.15, 0.2) is 0 Å². The molecular weight excluding hydrogens is 418 g/mol. The number of carbonyl (C=O) groups is 1. The Morgan fingerprint density at radius 1 is 1.19 bits per heavy atom. The van der Waals surface area contributed by atoms with Crippen LogP contribution in [0.4, 0.5) is 5.69 Å². The highest BCUT2D eigenvalue weighted by Gasteiger charge is 2.21. The number of amides is 1. The molecular formula is C18H20BrN3O3S. The second-order valence-corrected chi connectivity index (χ2v) is 8.79. The number of nitrogens with zero attached hydrogens (tertiary/aromatic N) is 2. The number of sulfonamides is 1. The van der Waals surface area contributed by atoms with E-state index in [-0.39, 0.29) is 6.54 Å². The van der Waals surface area contributed by atoms with Gasteiger partial charge in [-0.15, -0.1) is 0 Å². The highest BCUT2D eigenvalue weighted by atomic mass is 79.9. The number of anilines is 1. The molecule has 0 aliphatic carbocycles. The highest BCUT2D eigenvalue weighted by Crippen LogP contribution is 2.21. The molecule has 0 aliphatic heterocycles. The van der Waals surface area contributed by atoms with E-state index in [1.54, 1.807) is 12.1 Å². The molecule has 0 atom stereocenters. The van der Waals surface area contributed by atoms with Gasteiger partial charge in [0, 0.05) is 4.47 Å². The summed E-state index contributed by atoms with van der Waals surface area (Å²) in [7, 11) is -3.61. The highest BCUT2D eigenvalue weighted by molar-refractivity contribution is 9.10. The number of nitrogens with one attached hydrogen (secondary N) is 1. The number of carbonyl (C=O) groups excluding carboxylic acids is 1. The molecule has 0 aromatic heterocycles. The van der Waals surface area contributed by atoms with E-state index in [1.165, 1.54) is 6.21 Å². The summed E-state index contributed by atoms with van der Waals surface area (Å²) in [5, 5.41) is 3.88. The lowest BCUT2D eigenvalue weighted by Gasteiger charge is -2.22. The third kappa shape index (κ3) is 5.96. The van der Waals surface area contributed by atoms with Crippen LogP contribution in [0.1, 0.15) is 16.7 Å². The Morgan fingerprint density at radius 3 is 2.42 bits per heavy atom. The Balaban J connectivity index is 2.12. The average Bonchev–Trinajstić information content (AvgIpc) is 2.50. The topological polar surface area (TPSA) is 78.8 Å². The van der Waals surface area contributed by atoms with Crippen LogP contribution < -0.4 is 9.73 Å². The van der Waals surface area contributed by atoms with Crippen LogP contribution in [0.15, 0.2) is 52.0 Å². The number of aryl methyl sites for hydroxylation is 2. The molecule has 0 spiro atoms. The summed E-state index contributed by atoms with van der Waals surface area (Å²) in [5.74, 6) is -0.527. The molecule has 0 saturated heterocycles. The summed E-state index contributed by atoms with van der Waals surface area (Å²) in [5.41, 5.74) is 5.45. The Labute approximate surface area is 162 Å². The maximum Gasteiger partial charge on any atom is 0.260 e. The van der Waals surface area contributed by atoms with Crippen molar-refractivity contribution in [3.05, 3.63) is 63.6 Å². The molecule has 138 valence electrons. The molecule has 26 heavy (non-hydrogen) atoms. The Morgan fingerprint density at radius 2 is 1.85 bits per heavy atom. The van der Waals surface area contributed by atoms with Gasteiger partial charge >= 0.3 is 0 Å². The van der Waals surface area contributed by atoms with Crippen molar-refractivity contribution < 1.29 is 13.2 Å². The molecule has 0 saturated carbocycles. The zero-order valence-corrected chi connectivity index (χ0v) is 17.1. The predicted octanol–water partition coefficient (Wildman–Crippen LogP) is 2.98. The monoisotopic (exact) mass is 437 g/mol. The SMILES string of the molecule is Cc1cc(C)cc(N(CC(=O)N/N=C\c2cccc(Br)c2)S(C)(=O)=O)c1. The summed E-state index contributed by atoms with van der Waals surface area (Å²) in [6, 6.07) is 12.8. The molecule has 0 unspecified atom stereocenters. The fourth-order valence-electron chi connectivity index (χ4n) is 2.43. The van der Waals surface area contributed by atoms with Crippen molar-refractivity contribution in [1.82, 2.24) is 5.43 Å². The van der Waals surface area contributed by atoms with Gasteiger partial charge in [0.05, 0.1) is 18.2 Å². The number of hydrogen-bond donors (Lipinski definition) is 1. The van der Waals surface area contributed by atoms with Gasteiger partial charge in [-0.05, 0) is 54.8 Å².